The molecule has 0 saturated heterocycles. The van der Waals surface area contributed by atoms with Crippen molar-refractivity contribution >= 4 is 17.7 Å². The molecule has 1 amide bonds. The Kier molecular flexibility index (Phi) is 3.59. The summed E-state index contributed by atoms with van der Waals surface area (Å²) in [6.07, 6.45) is -0.662. The third-order valence-electron chi connectivity index (χ3n) is 1.71. The second kappa shape index (κ2) is 4.72. The predicted octanol–water partition coefficient (Wildman–Crippen LogP) is 1.86. The fraction of sp³-hybridized carbons (Fsp3) is 0.222. The van der Waals surface area contributed by atoms with Crippen LogP contribution in [0.2, 0.25) is 5.02 Å². The molecular formula is C9H10ClNO3. The number of phenols is 1. The van der Waals surface area contributed by atoms with Gasteiger partial charge in [0.15, 0.2) is 0 Å². The van der Waals surface area contributed by atoms with Crippen LogP contribution in [0.4, 0.5) is 4.79 Å². The molecular weight excluding hydrogens is 206 g/mol. The molecule has 0 bridgehead atoms. The van der Waals surface area contributed by atoms with Gasteiger partial charge in [0, 0.05) is 11.6 Å². The SMILES string of the molecule is O=C(O)NCCc1cc(Cl)ccc1O. The largest absolute Gasteiger partial charge is 0.508 e. The molecule has 0 unspecified atom stereocenters. The molecule has 0 atom stereocenters. The van der Waals surface area contributed by atoms with Crippen LogP contribution in [-0.2, 0) is 6.42 Å². The number of hydrogen-bond acceptors (Lipinski definition) is 2. The van der Waals surface area contributed by atoms with Gasteiger partial charge in [0.05, 0.1) is 0 Å². The van der Waals surface area contributed by atoms with E-state index in [0.29, 0.717) is 17.0 Å². The third-order valence-corrected chi connectivity index (χ3v) is 1.95. The van der Waals surface area contributed by atoms with Crippen molar-refractivity contribution in [3.63, 3.8) is 0 Å². The lowest BCUT2D eigenvalue weighted by Crippen LogP contribution is -2.23. The lowest BCUT2D eigenvalue weighted by Gasteiger charge is -2.04. The molecule has 0 aliphatic heterocycles. The van der Waals surface area contributed by atoms with Crippen LogP contribution in [0.25, 0.3) is 0 Å². The summed E-state index contributed by atoms with van der Waals surface area (Å²) in [6, 6.07) is 4.67. The summed E-state index contributed by atoms with van der Waals surface area (Å²) in [4.78, 5) is 10.1. The smallest absolute Gasteiger partial charge is 0.404 e. The Bertz CT molecular complexity index is 341. The highest BCUT2D eigenvalue weighted by Crippen LogP contribution is 2.21. The van der Waals surface area contributed by atoms with Gasteiger partial charge in [-0.1, -0.05) is 11.6 Å². The van der Waals surface area contributed by atoms with E-state index in [-0.39, 0.29) is 12.3 Å². The van der Waals surface area contributed by atoms with Gasteiger partial charge in [0.2, 0.25) is 0 Å². The Morgan fingerprint density at radius 3 is 2.86 bits per heavy atom. The van der Waals surface area contributed by atoms with Crippen LogP contribution >= 0.6 is 11.6 Å². The topological polar surface area (TPSA) is 69.6 Å². The van der Waals surface area contributed by atoms with Crippen LogP contribution in [0.15, 0.2) is 18.2 Å². The second-order valence-corrected chi connectivity index (χ2v) is 3.19. The molecule has 5 heteroatoms. The highest BCUT2D eigenvalue weighted by molar-refractivity contribution is 6.30. The van der Waals surface area contributed by atoms with Gasteiger partial charge in [-0.2, -0.15) is 0 Å². The van der Waals surface area contributed by atoms with E-state index in [0.717, 1.165) is 0 Å². The number of aromatic hydroxyl groups is 1. The predicted molar refractivity (Wildman–Crippen MR) is 52.8 cm³/mol. The molecule has 0 fully saturated rings. The fourth-order valence-electron chi connectivity index (χ4n) is 1.06. The van der Waals surface area contributed by atoms with Crippen molar-refractivity contribution in [1.82, 2.24) is 5.32 Å². The molecule has 0 aromatic heterocycles. The van der Waals surface area contributed by atoms with Gasteiger partial charge in [0.25, 0.3) is 0 Å². The summed E-state index contributed by atoms with van der Waals surface area (Å²) < 4.78 is 0. The number of amides is 1. The van der Waals surface area contributed by atoms with Crippen molar-refractivity contribution < 1.29 is 15.0 Å². The van der Waals surface area contributed by atoms with E-state index < -0.39 is 6.09 Å². The van der Waals surface area contributed by atoms with Crippen LogP contribution in [0.3, 0.4) is 0 Å². The van der Waals surface area contributed by atoms with E-state index in [9.17, 15) is 9.90 Å². The van der Waals surface area contributed by atoms with E-state index >= 15 is 0 Å². The van der Waals surface area contributed by atoms with E-state index in [1.165, 1.54) is 6.07 Å². The molecule has 1 aromatic rings. The Morgan fingerprint density at radius 2 is 2.21 bits per heavy atom. The van der Waals surface area contributed by atoms with Gasteiger partial charge in [-0.3, -0.25) is 0 Å². The minimum absolute atomic E-state index is 0.126. The first kappa shape index (κ1) is 10.7. The minimum atomic E-state index is -1.08. The number of hydrogen-bond donors (Lipinski definition) is 3. The summed E-state index contributed by atoms with van der Waals surface area (Å²) in [7, 11) is 0. The maximum Gasteiger partial charge on any atom is 0.404 e. The third kappa shape index (κ3) is 3.14. The lowest BCUT2D eigenvalue weighted by molar-refractivity contribution is 0.194. The van der Waals surface area contributed by atoms with Gasteiger partial charge in [-0.15, -0.1) is 0 Å². The average molecular weight is 216 g/mol. The highest BCUT2D eigenvalue weighted by Gasteiger charge is 2.02. The molecule has 14 heavy (non-hydrogen) atoms. The first-order valence-corrected chi connectivity index (χ1v) is 4.41. The molecule has 4 nitrogen and oxygen atoms in total. The van der Waals surface area contributed by atoms with Gasteiger partial charge >= 0.3 is 6.09 Å². The number of carbonyl (C=O) groups is 1. The monoisotopic (exact) mass is 215 g/mol. The highest BCUT2D eigenvalue weighted by atomic mass is 35.5. The summed E-state index contributed by atoms with van der Waals surface area (Å²) in [5, 5.41) is 20.4. The first-order chi connectivity index (χ1) is 6.59. The lowest BCUT2D eigenvalue weighted by atomic mass is 10.1. The van der Waals surface area contributed by atoms with Crippen LogP contribution in [0.1, 0.15) is 5.56 Å². The van der Waals surface area contributed by atoms with Crippen molar-refractivity contribution in [2.24, 2.45) is 0 Å². The number of nitrogens with one attached hydrogen (secondary N) is 1. The first-order valence-electron chi connectivity index (χ1n) is 4.04. The van der Waals surface area contributed by atoms with Crippen molar-refractivity contribution in [2.45, 2.75) is 6.42 Å². The minimum Gasteiger partial charge on any atom is -0.508 e. The zero-order valence-electron chi connectivity index (χ0n) is 7.33. The van der Waals surface area contributed by atoms with Crippen molar-refractivity contribution in [3.05, 3.63) is 28.8 Å². The average Bonchev–Trinajstić information content (AvgIpc) is 2.10. The Morgan fingerprint density at radius 1 is 1.50 bits per heavy atom. The van der Waals surface area contributed by atoms with Gasteiger partial charge in [-0.05, 0) is 30.2 Å². The van der Waals surface area contributed by atoms with Gasteiger partial charge < -0.3 is 15.5 Å². The molecule has 1 aromatic carbocycles. The number of carboxylic acid groups (broad SMARTS) is 1. The van der Waals surface area contributed by atoms with Crippen LogP contribution in [-0.4, -0.2) is 22.9 Å². The summed E-state index contributed by atoms with van der Waals surface area (Å²) in [6.45, 7) is 0.253. The zero-order valence-corrected chi connectivity index (χ0v) is 8.08. The van der Waals surface area contributed by atoms with E-state index in [1.807, 2.05) is 0 Å². The van der Waals surface area contributed by atoms with Gasteiger partial charge in [-0.25, -0.2) is 4.79 Å². The normalized spacial score (nSPS) is 9.79. The van der Waals surface area contributed by atoms with Crippen molar-refractivity contribution in [2.75, 3.05) is 6.54 Å². The summed E-state index contributed by atoms with van der Waals surface area (Å²) in [5.74, 6) is 0.126. The van der Waals surface area contributed by atoms with Crippen molar-refractivity contribution in [1.29, 1.82) is 0 Å². The molecule has 76 valence electrons. The molecule has 0 aliphatic carbocycles. The van der Waals surface area contributed by atoms with E-state index in [1.54, 1.807) is 12.1 Å². The maximum absolute atomic E-state index is 10.1. The van der Waals surface area contributed by atoms with E-state index in [4.69, 9.17) is 16.7 Å². The number of halogens is 1. The second-order valence-electron chi connectivity index (χ2n) is 2.75. The van der Waals surface area contributed by atoms with Crippen LogP contribution in [0.5, 0.6) is 5.75 Å². The maximum atomic E-state index is 10.1. The van der Waals surface area contributed by atoms with Crippen LogP contribution < -0.4 is 5.32 Å². The molecule has 0 spiro atoms. The van der Waals surface area contributed by atoms with E-state index in [2.05, 4.69) is 5.32 Å². The molecule has 0 heterocycles. The summed E-state index contributed by atoms with van der Waals surface area (Å²) >= 11 is 5.71. The summed E-state index contributed by atoms with van der Waals surface area (Å²) in [5.41, 5.74) is 0.631. The Hall–Kier alpha value is -1.42. The fourth-order valence-corrected chi connectivity index (χ4v) is 1.25. The Balaban J connectivity index is 2.57. The molecule has 1 rings (SSSR count). The van der Waals surface area contributed by atoms with Crippen molar-refractivity contribution in [3.8, 4) is 5.75 Å². The molecule has 0 saturated carbocycles. The molecule has 3 N–H and O–H groups in total. The molecule has 0 aliphatic rings. The molecule has 0 radical (unpaired) electrons. The number of phenolic OH excluding ortho intramolecular Hbond substituents is 1. The number of rotatable bonds is 3. The standard InChI is InChI=1S/C9H10ClNO3/c10-7-1-2-8(12)6(5-7)3-4-11-9(13)14/h1-2,5,11-12H,3-4H2,(H,13,14). The quantitative estimate of drug-likeness (QED) is 0.721. The van der Waals surface area contributed by atoms with Crippen LogP contribution in [0, 0.1) is 0 Å². The number of benzene rings is 1. The van der Waals surface area contributed by atoms with Gasteiger partial charge in [0.1, 0.15) is 5.75 Å². The zero-order chi connectivity index (χ0) is 10.6. The Labute approximate surface area is 86.1 Å².